The van der Waals surface area contributed by atoms with Crippen LogP contribution in [0.5, 0.6) is 0 Å². The van der Waals surface area contributed by atoms with Gasteiger partial charge in [0.1, 0.15) is 12.4 Å². The van der Waals surface area contributed by atoms with Crippen LogP contribution in [0.4, 0.5) is 10.1 Å². The Balaban J connectivity index is 1.16. The molecule has 31 heavy (non-hydrogen) atoms. The first kappa shape index (κ1) is 18.9. The number of halogens is 1. The summed E-state index contributed by atoms with van der Waals surface area (Å²) in [5, 5.41) is 12.5. The van der Waals surface area contributed by atoms with Crippen LogP contribution in [0.1, 0.15) is 38.5 Å². The summed E-state index contributed by atoms with van der Waals surface area (Å²) in [7, 11) is 0. The van der Waals surface area contributed by atoms with Gasteiger partial charge in [0.15, 0.2) is 12.1 Å². The summed E-state index contributed by atoms with van der Waals surface area (Å²) >= 11 is 0. The molecule has 4 bridgehead atoms. The fourth-order valence-corrected chi connectivity index (χ4v) is 6.97. The highest BCUT2D eigenvalue weighted by molar-refractivity contribution is 6.25. The molecule has 4 saturated carbocycles. The lowest BCUT2D eigenvalue weighted by Gasteiger charge is -2.57. The molecule has 1 N–H and O–H groups in total. The van der Waals surface area contributed by atoms with Gasteiger partial charge in [-0.1, -0.05) is 11.3 Å². The Morgan fingerprint density at radius 1 is 1.10 bits per heavy atom. The number of hydrogen-bond acceptors (Lipinski definition) is 6. The highest BCUT2D eigenvalue weighted by atomic mass is 19.1. The van der Waals surface area contributed by atoms with Crippen LogP contribution in [-0.2, 0) is 14.4 Å². The van der Waals surface area contributed by atoms with Crippen LogP contribution < -0.4 is 10.2 Å². The molecule has 162 valence electrons. The first-order chi connectivity index (χ1) is 14.9. The molecule has 0 radical (unpaired) electrons. The van der Waals surface area contributed by atoms with Crippen LogP contribution in [0.2, 0.25) is 0 Å². The minimum Gasteiger partial charge on any atom is -0.349 e. The lowest BCUT2D eigenvalue weighted by atomic mass is 9.53. The molecular formula is C22H24FN5O3. The van der Waals surface area contributed by atoms with Gasteiger partial charge in [0, 0.05) is 5.54 Å². The van der Waals surface area contributed by atoms with E-state index in [9.17, 15) is 18.8 Å². The van der Waals surface area contributed by atoms with E-state index in [4.69, 9.17) is 0 Å². The van der Waals surface area contributed by atoms with Gasteiger partial charge in [0.05, 0.1) is 5.69 Å². The maximum Gasteiger partial charge on any atom is 0.263 e. The molecule has 9 heteroatoms. The second-order valence-electron chi connectivity index (χ2n) is 9.93. The number of rotatable bonds is 4. The molecule has 1 aromatic carbocycles. The van der Waals surface area contributed by atoms with Crippen LogP contribution in [0.3, 0.4) is 0 Å². The van der Waals surface area contributed by atoms with Crippen LogP contribution in [0, 0.1) is 23.6 Å². The fraction of sp³-hybridized carbons (Fsp3) is 0.591. The van der Waals surface area contributed by atoms with Crippen molar-refractivity contribution in [3.63, 3.8) is 0 Å². The summed E-state index contributed by atoms with van der Waals surface area (Å²) in [5.41, 5.74) is 0.0307. The molecule has 2 aliphatic heterocycles. The number of carbonyl (C=O) groups excluding carboxylic acids is 3. The standard InChI is InChI=1S/C22H24FN5O3/c23-15-2-1-3-16(7-15)28-20(30)18-19(21(28)31)27(26-25-18)11-17(29)24-22-8-12-4-13(9-22)6-14(5-12)10-22/h1-3,7,12-14,18-19H,4-6,8-11H2,(H,24,29)/t12?,13?,14?,18-,19+,22?/m0/s1. The largest absolute Gasteiger partial charge is 0.349 e. The zero-order chi connectivity index (χ0) is 21.3. The monoisotopic (exact) mass is 425 g/mol. The summed E-state index contributed by atoms with van der Waals surface area (Å²) in [6, 6.07) is 3.37. The van der Waals surface area contributed by atoms with E-state index < -0.39 is 29.7 Å². The number of carbonyl (C=O) groups is 3. The maximum absolute atomic E-state index is 13.6. The molecule has 0 unspecified atom stereocenters. The van der Waals surface area contributed by atoms with Crippen molar-refractivity contribution < 1.29 is 18.8 Å². The number of fused-ring (bicyclic) bond motifs is 1. The quantitative estimate of drug-likeness (QED) is 0.749. The normalized spacial score (nSPS) is 37.6. The predicted molar refractivity (Wildman–Crippen MR) is 107 cm³/mol. The second kappa shape index (κ2) is 6.58. The third kappa shape index (κ3) is 2.96. The number of imide groups is 1. The van der Waals surface area contributed by atoms with Crippen molar-refractivity contribution >= 4 is 23.4 Å². The second-order valence-corrected chi connectivity index (χ2v) is 9.93. The Labute approximate surface area is 178 Å². The SMILES string of the molecule is O=C(CN1N=N[C@@H]2C(=O)N(c3cccc(F)c3)C(=O)[C@@H]21)NC12CC3CC(CC(C3)C1)C2. The number of benzene rings is 1. The van der Waals surface area contributed by atoms with Gasteiger partial charge >= 0.3 is 0 Å². The molecule has 2 atom stereocenters. The third-order valence-corrected chi connectivity index (χ3v) is 7.67. The molecule has 0 spiro atoms. The van der Waals surface area contributed by atoms with Gasteiger partial charge in [-0.3, -0.25) is 19.4 Å². The summed E-state index contributed by atoms with van der Waals surface area (Å²) in [5.74, 6) is 0.305. The van der Waals surface area contributed by atoms with Crippen molar-refractivity contribution in [3.05, 3.63) is 30.1 Å². The van der Waals surface area contributed by atoms with Gasteiger partial charge in [0.2, 0.25) is 5.91 Å². The number of nitrogens with zero attached hydrogens (tertiary/aromatic N) is 4. The maximum atomic E-state index is 13.6. The van der Waals surface area contributed by atoms with Gasteiger partial charge in [-0.15, -0.1) is 0 Å². The third-order valence-electron chi connectivity index (χ3n) is 7.67. The Kier molecular flexibility index (Phi) is 4.01. The minimum atomic E-state index is -0.997. The predicted octanol–water partition coefficient (Wildman–Crippen LogP) is 2.20. The number of anilines is 1. The van der Waals surface area contributed by atoms with E-state index >= 15 is 0 Å². The fourth-order valence-electron chi connectivity index (χ4n) is 6.97. The van der Waals surface area contributed by atoms with E-state index in [1.54, 1.807) is 0 Å². The highest BCUT2D eigenvalue weighted by Crippen LogP contribution is 2.55. The molecule has 1 saturated heterocycles. The summed E-state index contributed by atoms with van der Waals surface area (Å²) in [4.78, 5) is 39.6. The van der Waals surface area contributed by atoms with Crippen molar-refractivity contribution in [3.8, 4) is 0 Å². The summed E-state index contributed by atoms with van der Waals surface area (Å²) in [6.45, 7) is -0.123. The Hall–Kier alpha value is -2.84. The van der Waals surface area contributed by atoms with Crippen LogP contribution in [0.25, 0.3) is 0 Å². The molecule has 3 amide bonds. The van der Waals surface area contributed by atoms with Crippen molar-refractivity contribution in [1.29, 1.82) is 0 Å². The number of nitrogens with one attached hydrogen (secondary N) is 1. The van der Waals surface area contributed by atoms with Gasteiger partial charge in [-0.05, 0) is 74.5 Å². The molecule has 7 rings (SSSR count). The smallest absolute Gasteiger partial charge is 0.263 e. The van der Waals surface area contributed by atoms with Crippen molar-refractivity contribution in [1.82, 2.24) is 10.3 Å². The Morgan fingerprint density at radius 3 is 2.42 bits per heavy atom. The van der Waals surface area contributed by atoms with Crippen LogP contribution in [-0.4, -0.2) is 46.9 Å². The average molecular weight is 425 g/mol. The highest BCUT2D eigenvalue weighted by Gasteiger charge is 2.56. The molecule has 5 fully saturated rings. The number of amides is 3. The first-order valence-electron chi connectivity index (χ1n) is 11.0. The molecular weight excluding hydrogens is 401 g/mol. The number of hydrogen-bond donors (Lipinski definition) is 1. The molecule has 4 aliphatic carbocycles. The zero-order valence-electron chi connectivity index (χ0n) is 17.0. The van der Waals surface area contributed by atoms with Gasteiger partial charge < -0.3 is 5.32 Å². The molecule has 6 aliphatic rings. The van der Waals surface area contributed by atoms with Crippen LogP contribution in [0.15, 0.2) is 34.6 Å². The van der Waals surface area contributed by atoms with Crippen molar-refractivity contribution in [2.24, 2.45) is 28.1 Å². The summed E-state index contributed by atoms with van der Waals surface area (Å²) in [6.07, 6.45) is 6.94. The molecule has 8 nitrogen and oxygen atoms in total. The Bertz CT molecular complexity index is 975. The van der Waals surface area contributed by atoms with E-state index in [1.165, 1.54) is 42.5 Å². The van der Waals surface area contributed by atoms with Gasteiger partial charge in [-0.2, -0.15) is 5.11 Å². The first-order valence-corrected chi connectivity index (χ1v) is 11.0. The molecule has 0 aromatic heterocycles. The van der Waals surface area contributed by atoms with Gasteiger partial charge in [-0.25, -0.2) is 9.29 Å². The lowest BCUT2D eigenvalue weighted by Crippen LogP contribution is -2.61. The average Bonchev–Trinajstić information content (AvgIpc) is 3.20. The van der Waals surface area contributed by atoms with Crippen molar-refractivity contribution in [2.45, 2.75) is 56.1 Å². The molecule has 1 aromatic rings. The van der Waals surface area contributed by atoms with E-state index in [2.05, 4.69) is 15.7 Å². The van der Waals surface area contributed by atoms with E-state index in [1.807, 2.05) is 0 Å². The topological polar surface area (TPSA) is 94.4 Å². The van der Waals surface area contributed by atoms with Gasteiger partial charge in [0.25, 0.3) is 11.8 Å². The van der Waals surface area contributed by atoms with Crippen molar-refractivity contribution in [2.75, 3.05) is 11.4 Å². The van der Waals surface area contributed by atoms with E-state index in [-0.39, 0.29) is 23.7 Å². The lowest BCUT2D eigenvalue weighted by molar-refractivity contribution is -0.129. The summed E-state index contributed by atoms with van der Waals surface area (Å²) < 4.78 is 13.6. The minimum absolute atomic E-state index is 0.123. The Morgan fingerprint density at radius 2 is 1.77 bits per heavy atom. The van der Waals surface area contributed by atoms with E-state index in [0.717, 1.165) is 30.2 Å². The molecule has 2 heterocycles. The van der Waals surface area contributed by atoms with E-state index in [0.29, 0.717) is 17.8 Å². The van der Waals surface area contributed by atoms with Crippen LogP contribution >= 0.6 is 0 Å². The zero-order valence-corrected chi connectivity index (χ0v) is 17.0.